The molecule has 228 valence electrons. The van der Waals surface area contributed by atoms with Crippen LogP contribution in [-0.2, 0) is 0 Å². The topological polar surface area (TPSA) is 39.4 Å². The molecular formula is C46H26O3. The Morgan fingerprint density at radius 3 is 1.69 bits per heavy atom. The van der Waals surface area contributed by atoms with Gasteiger partial charge in [-0.3, -0.25) is 0 Å². The second-order valence-corrected chi connectivity index (χ2v) is 12.8. The molecule has 49 heavy (non-hydrogen) atoms. The van der Waals surface area contributed by atoms with Crippen LogP contribution in [-0.4, -0.2) is 0 Å². The van der Waals surface area contributed by atoms with E-state index in [0.29, 0.717) is 0 Å². The lowest BCUT2D eigenvalue weighted by molar-refractivity contribution is 0.617. The molecule has 0 saturated carbocycles. The molecule has 3 heterocycles. The molecule has 0 N–H and O–H groups in total. The van der Waals surface area contributed by atoms with Crippen molar-refractivity contribution in [2.45, 2.75) is 0 Å². The first-order valence-corrected chi connectivity index (χ1v) is 16.6. The summed E-state index contributed by atoms with van der Waals surface area (Å²) in [7, 11) is 0. The van der Waals surface area contributed by atoms with Gasteiger partial charge in [0.25, 0.3) is 0 Å². The van der Waals surface area contributed by atoms with E-state index in [9.17, 15) is 0 Å². The number of hydrogen-bond donors (Lipinski definition) is 0. The first-order valence-electron chi connectivity index (χ1n) is 16.6. The Morgan fingerprint density at radius 2 is 0.918 bits per heavy atom. The minimum atomic E-state index is 0.817. The van der Waals surface area contributed by atoms with Crippen LogP contribution in [0.15, 0.2) is 171 Å². The first-order chi connectivity index (χ1) is 24.3. The fraction of sp³-hybridized carbons (Fsp3) is 0. The van der Waals surface area contributed by atoms with Crippen molar-refractivity contribution < 1.29 is 13.3 Å². The van der Waals surface area contributed by atoms with Crippen LogP contribution >= 0.6 is 0 Å². The molecule has 0 radical (unpaired) electrons. The number of hydrogen-bond acceptors (Lipinski definition) is 3. The van der Waals surface area contributed by atoms with Crippen LogP contribution < -0.4 is 0 Å². The lowest BCUT2D eigenvalue weighted by Crippen LogP contribution is -1.90. The van der Waals surface area contributed by atoms with Gasteiger partial charge in [0.2, 0.25) is 0 Å². The monoisotopic (exact) mass is 626 g/mol. The summed E-state index contributed by atoms with van der Waals surface area (Å²) in [4.78, 5) is 0. The van der Waals surface area contributed by atoms with Gasteiger partial charge < -0.3 is 13.3 Å². The van der Waals surface area contributed by atoms with Gasteiger partial charge in [0, 0.05) is 49.7 Å². The Bertz CT molecular complexity index is 3040. The van der Waals surface area contributed by atoms with Crippen molar-refractivity contribution in [2.75, 3.05) is 0 Å². The molecule has 0 aliphatic heterocycles. The van der Waals surface area contributed by atoms with Crippen molar-refractivity contribution in [1.82, 2.24) is 0 Å². The summed E-state index contributed by atoms with van der Waals surface area (Å²) in [5, 5.41) is 10.3. The van der Waals surface area contributed by atoms with Crippen molar-refractivity contribution in [3.63, 3.8) is 0 Å². The highest BCUT2D eigenvalue weighted by molar-refractivity contribution is 6.24. The van der Waals surface area contributed by atoms with Gasteiger partial charge in [-0.05, 0) is 62.5 Å². The highest BCUT2D eigenvalue weighted by Gasteiger charge is 2.21. The average Bonchev–Trinajstić information content (AvgIpc) is 3.86. The maximum Gasteiger partial charge on any atom is 0.143 e. The molecule has 0 saturated heterocycles. The van der Waals surface area contributed by atoms with E-state index in [1.165, 1.54) is 32.7 Å². The zero-order valence-electron chi connectivity index (χ0n) is 26.2. The van der Waals surface area contributed by atoms with Crippen molar-refractivity contribution in [1.29, 1.82) is 0 Å². The van der Waals surface area contributed by atoms with Crippen molar-refractivity contribution in [3.8, 4) is 33.4 Å². The molecule has 0 amide bonds. The molecule has 11 rings (SSSR count). The molecule has 0 aliphatic carbocycles. The Hall–Kier alpha value is -6.58. The lowest BCUT2D eigenvalue weighted by Gasteiger charge is -2.17. The van der Waals surface area contributed by atoms with Crippen LogP contribution in [0.5, 0.6) is 0 Å². The third kappa shape index (κ3) is 3.78. The van der Waals surface area contributed by atoms with E-state index >= 15 is 0 Å². The lowest BCUT2D eigenvalue weighted by atomic mass is 9.85. The second-order valence-electron chi connectivity index (χ2n) is 12.8. The van der Waals surface area contributed by atoms with Crippen LogP contribution in [0.2, 0.25) is 0 Å². The summed E-state index contributed by atoms with van der Waals surface area (Å²) in [6.45, 7) is 0. The smallest absolute Gasteiger partial charge is 0.143 e. The number of fused-ring (bicyclic) bond motifs is 9. The van der Waals surface area contributed by atoms with Crippen LogP contribution in [0, 0.1) is 0 Å². The Balaban J connectivity index is 1.17. The summed E-state index contributed by atoms with van der Waals surface area (Å²) in [5.74, 6) is 0. The van der Waals surface area contributed by atoms with Crippen molar-refractivity contribution in [3.05, 3.63) is 158 Å². The molecule has 0 fully saturated rings. The summed E-state index contributed by atoms with van der Waals surface area (Å²) in [6, 6.07) is 53.4. The van der Waals surface area contributed by atoms with E-state index in [4.69, 9.17) is 13.3 Å². The number of para-hydroxylation sites is 2. The maximum absolute atomic E-state index is 6.53. The van der Waals surface area contributed by atoms with Gasteiger partial charge in [0.05, 0.1) is 6.26 Å². The second kappa shape index (κ2) is 9.96. The van der Waals surface area contributed by atoms with Crippen LogP contribution in [0.25, 0.3) is 110 Å². The summed E-state index contributed by atoms with van der Waals surface area (Å²) in [5.41, 5.74) is 11.2. The number of benzene rings is 8. The number of rotatable bonds is 3. The molecule has 0 unspecified atom stereocenters. The van der Waals surface area contributed by atoms with E-state index in [1.54, 1.807) is 0 Å². The Labute approximate surface area is 280 Å². The van der Waals surface area contributed by atoms with E-state index in [0.717, 1.165) is 77.1 Å². The van der Waals surface area contributed by atoms with Crippen LogP contribution in [0.4, 0.5) is 0 Å². The maximum atomic E-state index is 6.53. The third-order valence-electron chi connectivity index (χ3n) is 10.1. The van der Waals surface area contributed by atoms with Gasteiger partial charge >= 0.3 is 0 Å². The quantitative estimate of drug-likeness (QED) is 0.183. The van der Waals surface area contributed by atoms with Gasteiger partial charge in [-0.15, -0.1) is 0 Å². The molecular weight excluding hydrogens is 601 g/mol. The zero-order valence-corrected chi connectivity index (χ0v) is 26.2. The summed E-state index contributed by atoms with van der Waals surface area (Å²) in [6.07, 6.45) is 1.91. The molecule has 3 aromatic heterocycles. The van der Waals surface area contributed by atoms with E-state index in [-0.39, 0.29) is 0 Å². The molecule has 3 heteroatoms. The Morgan fingerprint density at radius 1 is 0.306 bits per heavy atom. The van der Waals surface area contributed by atoms with Crippen LogP contribution in [0.1, 0.15) is 0 Å². The summed E-state index contributed by atoms with van der Waals surface area (Å²) >= 11 is 0. The van der Waals surface area contributed by atoms with Gasteiger partial charge in [-0.2, -0.15) is 0 Å². The fourth-order valence-electron chi connectivity index (χ4n) is 7.97. The summed E-state index contributed by atoms with van der Waals surface area (Å²) < 4.78 is 19.1. The van der Waals surface area contributed by atoms with Crippen LogP contribution in [0.3, 0.4) is 0 Å². The highest BCUT2D eigenvalue weighted by Crippen LogP contribution is 2.47. The molecule has 0 atom stereocenters. The predicted molar refractivity (Wildman–Crippen MR) is 202 cm³/mol. The normalized spacial score (nSPS) is 12.1. The van der Waals surface area contributed by atoms with E-state index < -0.39 is 0 Å². The van der Waals surface area contributed by atoms with Gasteiger partial charge in [0.15, 0.2) is 0 Å². The molecule has 3 nitrogen and oxygen atoms in total. The van der Waals surface area contributed by atoms with Gasteiger partial charge in [-0.1, -0.05) is 121 Å². The predicted octanol–water partition coefficient (Wildman–Crippen LogP) is 13.5. The minimum absolute atomic E-state index is 0.817. The van der Waals surface area contributed by atoms with Crippen molar-refractivity contribution >= 4 is 76.4 Å². The average molecular weight is 627 g/mol. The third-order valence-corrected chi connectivity index (χ3v) is 10.1. The fourth-order valence-corrected chi connectivity index (χ4v) is 7.97. The Kier molecular flexibility index (Phi) is 5.38. The number of furan rings is 3. The molecule has 8 aromatic carbocycles. The first kappa shape index (κ1) is 26.5. The van der Waals surface area contributed by atoms with E-state index in [1.807, 2.05) is 30.5 Å². The highest BCUT2D eigenvalue weighted by atomic mass is 16.3. The van der Waals surface area contributed by atoms with Gasteiger partial charge in [0.1, 0.15) is 27.9 Å². The molecule has 0 bridgehead atoms. The van der Waals surface area contributed by atoms with Crippen molar-refractivity contribution in [2.24, 2.45) is 0 Å². The molecule has 0 aliphatic rings. The standard InChI is InChI=1S/C46H26O3/c1-2-11-27(12-3-1)29-18-10-19-35-37-24-38-36-23-28(21-22-41(36)48-42(38)25-43(37)49-46(29)35)44-31-14-4-6-16-33(31)45(34-17-7-5-15-32(34)44)39-26-47-40-20-9-8-13-30(39)40/h1-26H. The SMILES string of the molecule is c1ccc(-c2cccc3c2oc2cc4oc5ccc(-c6c7ccccc7c(-c7coc8ccccc78)c7ccccc67)cc5c4cc23)cc1. The largest absolute Gasteiger partial charge is 0.464 e. The molecule has 11 aromatic rings. The molecule has 0 spiro atoms. The zero-order chi connectivity index (χ0) is 32.1. The van der Waals surface area contributed by atoms with Gasteiger partial charge in [-0.25, -0.2) is 0 Å². The van der Waals surface area contributed by atoms with E-state index in [2.05, 4.69) is 127 Å². The minimum Gasteiger partial charge on any atom is -0.464 e.